The molecule has 5 heteroatoms. The predicted molar refractivity (Wildman–Crippen MR) is 116 cm³/mol. The number of hydrogen-bond acceptors (Lipinski definition) is 4. The third-order valence-corrected chi connectivity index (χ3v) is 5.17. The van der Waals surface area contributed by atoms with Crippen molar-refractivity contribution in [1.82, 2.24) is 5.43 Å². The van der Waals surface area contributed by atoms with Gasteiger partial charge in [-0.2, -0.15) is 16.9 Å². The maximum absolute atomic E-state index is 12.2. The molecule has 0 aliphatic carbocycles. The third-order valence-electron chi connectivity index (χ3n) is 4.09. The molecule has 3 aromatic carbocycles. The first-order chi connectivity index (χ1) is 13.7. The predicted octanol–water partition coefficient (Wildman–Crippen LogP) is 4.89. The smallest absolute Gasteiger partial charge is 0.271 e. The maximum Gasteiger partial charge on any atom is 0.271 e. The monoisotopic (exact) mass is 390 g/mol. The third kappa shape index (κ3) is 5.99. The topological polar surface area (TPSA) is 50.7 Å². The Bertz CT molecular complexity index is 908. The summed E-state index contributed by atoms with van der Waals surface area (Å²) in [5.41, 5.74) is 6.53. The summed E-state index contributed by atoms with van der Waals surface area (Å²) in [6, 6.07) is 25.5. The van der Waals surface area contributed by atoms with Crippen LogP contribution in [0.15, 0.2) is 84.0 Å². The van der Waals surface area contributed by atoms with Gasteiger partial charge in [0.15, 0.2) is 0 Å². The minimum absolute atomic E-state index is 0.228. The number of nitrogens with one attached hydrogen (secondary N) is 1. The molecule has 28 heavy (non-hydrogen) atoms. The van der Waals surface area contributed by atoms with Crippen LogP contribution >= 0.6 is 11.8 Å². The molecule has 3 rings (SSSR count). The van der Waals surface area contributed by atoms with E-state index in [2.05, 4.69) is 34.8 Å². The summed E-state index contributed by atoms with van der Waals surface area (Å²) >= 11 is 1.85. The number of amides is 1. The van der Waals surface area contributed by atoms with Crippen molar-refractivity contribution >= 4 is 23.9 Å². The normalized spacial score (nSPS) is 10.8. The number of nitrogens with zero attached hydrogens (tertiary/aromatic N) is 1. The summed E-state index contributed by atoms with van der Waals surface area (Å²) in [4.78, 5) is 12.2. The molecule has 4 nitrogen and oxygen atoms in total. The van der Waals surface area contributed by atoms with E-state index < -0.39 is 0 Å². The van der Waals surface area contributed by atoms with Gasteiger partial charge in [0.1, 0.15) is 5.75 Å². The fourth-order valence-electron chi connectivity index (χ4n) is 2.53. The molecule has 0 unspecified atom stereocenters. The van der Waals surface area contributed by atoms with Crippen LogP contribution in [0.4, 0.5) is 0 Å². The molecule has 0 atom stereocenters. The minimum atomic E-state index is -0.228. The van der Waals surface area contributed by atoms with E-state index in [1.807, 2.05) is 66.4 Å². The Morgan fingerprint density at radius 3 is 2.21 bits per heavy atom. The molecule has 0 fully saturated rings. The summed E-state index contributed by atoms with van der Waals surface area (Å²) in [6.45, 7) is 0. The Kier molecular flexibility index (Phi) is 7.27. The molecule has 0 saturated heterocycles. The zero-order valence-electron chi connectivity index (χ0n) is 15.7. The Morgan fingerprint density at radius 2 is 1.57 bits per heavy atom. The number of carbonyl (C=O) groups is 1. The van der Waals surface area contributed by atoms with Crippen LogP contribution in [0.2, 0.25) is 0 Å². The van der Waals surface area contributed by atoms with E-state index in [0.29, 0.717) is 5.56 Å². The highest BCUT2D eigenvalue weighted by molar-refractivity contribution is 7.97. The second-order valence-electron chi connectivity index (χ2n) is 6.15. The molecular weight excluding hydrogens is 368 g/mol. The van der Waals surface area contributed by atoms with Gasteiger partial charge in [0.25, 0.3) is 5.91 Å². The Morgan fingerprint density at radius 1 is 0.929 bits per heavy atom. The van der Waals surface area contributed by atoms with Crippen LogP contribution in [-0.4, -0.2) is 19.2 Å². The Labute approximate surface area is 169 Å². The van der Waals surface area contributed by atoms with Gasteiger partial charge < -0.3 is 4.74 Å². The number of thioether (sulfide) groups is 1. The first-order valence-corrected chi connectivity index (χ1v) is 10.1. The first-order valence-electron chi connectivity index (χ1n) is 8.92. The molecular formula is C23H22N2O2S. The van der Waals surface area contributed by atoms with E-state index in [1.165, 1.54) is 11.1 Å². The van der Waals surface area contributed by atoms with E-state index in [9.17, 15) is 4.79 Å². The average molecular weight is 391 g/mol. The van der Waals surface area contributed by atoms with Crippen molar-refractivity contribution in [2.45, 2.75) is 11.5 Å². The summed E-state index contributed by atoms with van der Waals surface area (Å²) in [7, 11) is 1.62. The molecule has 1 N–H and O–H groups in total. The fourth-order valence-corrected chi connectivity index (χ4v) is 3.49. The number of methoxy groups -OCH3 is 1. The van der Waals surface area contributed by atoms with E-state index in [-0.39, 0.29) is 5.91 Å². The van der Waals surface area contributed by atoms with Crippen LogP contribution in [0.25, 0.3) is 0 Å². The van der Waals surface area contributed by atoms with Crippen molar-refractivity contribution in [2.75, 3.05) is 7.11 Å². The zero-order valence-corrected chi connectivity index (χ0v) is 16.5. The molecule has 0 bridgehead atoms. The SMILES string of the molecule is COc1ccc(/C=N\NC(=O)c2ccc(CSCc3ccccc3)cc2)cc1. The van der Waals surface area contributed by atoms with Gasteiger partial charge in [0.05, 0.1) is 13.3 Å². The van der Waals surface area contributed by atoms with E-state index in [4.69, 9.17) is 4.74 Å². The van der Waals surface area contributed by atoms with Crippen LogP contribution in [0.3, 0.4) is 0 Å². The van der Waals surface area contributed by atoms with Crippen LogP contribution in [-0.2, 0) is 11.5 Å². The summed E-state index contributed by atoms with van der Waals surface area (Å²) in [6.07, 6.45) is 1.60. The number of carbonyl (C=O) groups excluding carboxylic acids is 1. The minimum Gasteiger partial charge on any atom is -0.497 e. The van der Waals surface area contributed by atoms with Crippen LogP contribution in [0.5, 0.6) is 5.75 Å². The van der Waals surface area contributed by atoms with Gasteiger partial charge >= 0.3 is 0 Å². The lowest BCUT2D eigenvalue weighted by Gasteiger charge is -2.04. The van der Waals surface area contributed by atoms with Gasteiger partial charge in [-0.05, 0) is 53.1 Å². The standard InChI is InChI=1S/C23H22N2O2S/c1-27-22-13-9-18(10-14-22)15-24-25-23(26)21-11-7-20(8-12-21)17-28-16-19-5-3-2-4-6-19/h2-15H,16-17H2,1H3,(H,25,26)/b24-15-. The van der Waals surface area contributed by atoms with E-state index in [0.717, 1.165) is 22.8 Å². The molecule has 0 aromatic heterocycles. The maximum atomic E-state index is 12.2. The quantitative estimate of drug-likeness (QED) is 0.440. The number of hydrazone groups is 1. The van der Waals surface area contributed by atoms with Gasteiger partial charge in [-0.15, -0.1) is 0 Å². The van der Waals surface area contributed by atoms with Gasteiger partial charge in [-0.3, -0.25) is 4.79 Å². The van der Waals surface area contributed by atoms with Crippen molar-refractivity contribution < 1.29 is 9.53 Å². The van der Waals surface area contributed by atoms with Crippen molar-refractivity contribution in [3.63, 3.8) is 0 Å². The zero-order chi connectivity index (χ0) is 19.6. The molecule has 0 heterocycles. The lowest BCUT2D eigenvalue weighted by molar-refractivity contribution is 0.0955. The summed E-state index contributed by atoms with van der Waals surface area (Å²) in [5.74, 6) is 2.44. The van der Waals surface area contributed by atoms with E-state index >= 15 is 0 Å². The number of ether oxygens (including phenoxy) is 1. The lowest BCUT2D eigenvalue weighted by Crippen LogP contribution is -2.17. The largest absolute Gasteiger partial charge is 0.497 e. The molecule has 0 aliphatic heterocycles. The first kappa shape index (κ1) is 19.7. The summed E-state index contributed by atoms with van der Waals surface area (Å²) < 4.78 is 5.11. The number of hydrogen-bond donors (Lipinski definition) is 1. The van der Waals surface area contributed by atoms with Crippen molar-refractivity contribution in [1.29, 1.82) is 0 Å². The van der Waals surface area contributed by atoms with Crippen LogP contribution in [0, 0.1) is 0 Å². The Balaban J connectivity index is 1.46. The molecule has 0 radical (unpaired) electrons. The van der Waals surface area contributed by atoms with Crippen LogP contribution in [0.1, 0.15) is 27.0 Å². The number of benzene rings is 3. The second kappa shape index (κ2) is 10.3. The van der Waals surface area contributed by atoms with Crippen LogP contribution < -0.4 is 10.2 Å². The van der Waals surface area contributed by atoms with Crippen molar-refractivity contribution in [2.24, 2.45) is 5.10 Å². The Hall–Kier alpha value is -3.05. The van der Waals surface area contributed by atoms with Gasteiger partial charge in [0, 0.05) is 17.1 Å². The molecule has 0 aliphatic rings. The molecule has 0 spiro atoms. The van der Waals surface area contributed by atoms with Crippen molar-refractivity contribution in [3.05, 3.63) is 101 Å². The second-order valence-corrected chi connectivity index (χ2v) is 7.13. The van der Waals surface area contributed by atoms with E-state index in [1.54, 1.807) is 13.3 Å². The highest BCUT2D eigenvalue weighted by Gasteiger charge is 2.04. The molecule has 0 saturated carbocycles. The number of rotatable bonds is 8. The van der Waals surface area contributed by atoms with Crippen molar-refractivity contribution in [3.8, 4) is 5.75 Å². The van der Waals surface area contributed by atoms with Gasteiger partial charge in [-0.1, -0.05) is 42.5 Å². The van der Waals surface area contributed by atoms with Gasteiger partial charge in [-0.25, -0.2) is 5.43 Å². The highest BCUT2D eigenvalue weighted by Crippen LogP contribution is 2.18. The highest BCUT2D eigenvalue weighted by atomic mass is 32.2. The fraction of sp³-hybridized carbons (Fsp3) is 0.130. The molecule has 142 valence electrons. The summed E-state index contributed by atoms with van der Waals surface area (Å²) in [5, 5.41) is 4.01. The van der Waals surface area contributed by atoms with Gasteiger partial charge in [0.2, 0.25) is 0 Å². The molecule has 3 aromatic rings. The molecule has 1 amide bonds. The average Bonchev–Trinajstić information content (AvgIpc) is 2.75. The lowest BCUT2D eigenvalue weighted by atomic mass is 10.1.